The molecule has 1 unspecified atom stereocenters. The second-order valence-corrected chi connectivity index (χ2v) is 7.98. The van der Waals surface area contributed by atoms with Crippen molar-refractivity contribution in [1.82, 2.24) is 15.5 Å². The zero-order valence-corrected chi connectivity index (χ0v) is 21.6. The van der Waals surface area contributed by atoms with Gasteiger partial charge in [0, 0.05) is 44.7 Å². The molecule has 2 rings (SSSR count). The Morgan fingerprint density at radius 2 is 1.94 bits per heavy atom. The fourth-order valence-corrected chi connectivity index (χ4v) is 3.50. The van der Waals surface area contributed by atoms with Gasteiger partial charge in [0.2, 0.25) is 11.8 Å². The Bertz CT molecular complexity index is 732. The Labute approximate surface area is 203 Å². The number of carbonyl (C=O) groups excluding carboxylic acids is 2. The molecule has 0 saturated carbocycles. The topological polar surface area (TPSA) is 85.8 Å². The molecule has 8 heteroatoms. The van der Waals surface area contributed by atoms with Crippen LogP contribution in [0.5, 0.6) is 0 Å². The van der Waals surface area contributed by atoms with Crippen LogP contribution in [0, 0.1) is 11.8 Å². The lowest BCUT2D eigenvalue weighted by molar-refractivity contribution is -0.122. The first-order chi connectivity index (χ1) is 14.5. The summed E-state index contributed by atoms with van der Waals surface area (Å²) >= 11 is 0. The van der Waals surface area contributed by atoms with Crippen LogP contribution in [0.1, 0.15) is 52.0 Å². The predicted molar refractivity (Wildman–Crippen MR) is 138 cm³/mol. The number of nitrogens with one attached hydrogen (secondary N) is 3. The number of hydrogen-bond donors (Lipinski definition) is 3. The predicted octanol–water partition coefficient (Wildman–Crippen LogP) is 3.60. The second kappa shape index (κ2) is 14.3. The summed E-state index contributed by atoms with van der Waals surface area (Å²) in [6, 6.07) is 7.88. The molecule has 1 aliphatic rings. The Balaban J connectivity index is 0.00000480. The summed E-state index contributed by atoms with van der Waals surface area (Å²) in [6.07, 6.45) is 3.42. The minimum atomic E-state index is -0.00152. The molecule has 0 bridgehead atoms. The zero-order chi connectivity index (χ0) is 21.9. The van der Waals surface area contributed by atoms with Gasteiger partial charge in [-0.2, -0.15) is 0 Å². The molecular formula is C23H38IN5O2. The monoisotopic (exact) mass is 543 g/mol. The molecule has 0 aromatic heterocycles. The third kappa shape index (κ3) is 9.04. The number of nitrogens with zero attached hydrogens (tertiary/aromatic N) is 2. The van der Waals surface area contributed by atoms with Crippen LogP contribution >= 0.6 is 24.0 Å². The van der Waals surface area contributed by atoms with E-state index < -0.39 is 0 Å². The maximum Gasteiger partial charge on any atom is 0.227 e. The molecule has 7 nitrogen and oxygen atoms in total. The van der Waals surface area contributed by atoms with Crippen LogP contribution in [0.25, 0.3) is 0 Å². The van der Waals surface area contributed by atoms with Gasteiger partial charge >= 0.3 is 0 Å². The molecule has 3 N–H and O–H groups in total. The lowest BCUT2D eigenvalue weighted by Gasteiger charge is -2.34. The van der Waals surface area contributed by atoms with Crippen molar-refractivity contribution in [2.24, 2.45) is 16.8 Å². The third-order valence-corrected chi connectivity index (χ3v) is 5.67. The highest BCUT2D eigenvalue weighted by atomic mass is 127. The Kier molecular flexibility index (Phi) is 12.5. The van der Waals surface area contributed by atoms with Gasteiger partial charge in [-0.25, -0.2) is 4.99 Å². The van der Waals surface area contributed by atoms with Crippen LogP contribution in [0.3, 0.4) is 0 Å². The number of halogens is 1. The van der Waals surface area contributed by atoms with Crippen LogP contribution in [-0.4, -0.2) is 49.4 Å². The molecule has 1 heterocycles. The van der Waals surface area contributed by atoms with Crippen molar-refractivity contribution in [2.45, 2.75) is 53.0 Å². The first-order valence-electron chi connectivity index (χ1n) is 11.1. The van der Waals surface area contributed by atoms with E-state index in [1.807, 2.05) is 38.1 Å². The molecule has 0 spiro atoms. The lowest BCUT2D eigenvalue weighted by atomic mass is 9.93. The van der Waals surface area contributed by atoms with Crippen molar-refractivity contribution in [3.05, 3.63) is 29.8 Å². The van der Waals surface area contributed by atoms with Crippen LogP contribution in [0.15, 0.2) is 29.3 Å². The van der Waals surface area contributed by atoms with Crippen LogP contribution in [0.4, 0.5) is 5.69 Å². The normalized spacial score (nSPS) is 15.6. The van der Waals surface area contributed by atoms with E-state index >= 15 is 0 Å². The highest BCUT2D eigenvalue weighted by Crippen LogP contribution is 2.21. The van der Waals surface area contributed by atoms with Crippen molar-refractivity contribution in [1.29, 1.82) is 0 Å². The van der Waals surface area contributed by atoms with Gasteiger partial charge in [0.05, 0.1) is 6.54 Å². The van der Waals surface area contributed by atoms with Gasteiger partial charge in [0.25, 0.3) is 0 Å². The van der Waals surface area contributed by atoms with E-state index in [0.29, 0.717) is 18.9 Å². The van der Waals surface area contributed by atoms with Gasteiger partial charge < -0.3 is 20.9 Å². The van der Waals surface area contributed by atoms with E-state index in [1.54, 1.807) is 7.05 Å². The largest absolute Gasteiger partial charge is 0.359 e. The molecule has 31 heavy (non-hydrogen) atoms. The first kappa shape index (κ1) is 27.2. The molecule has 1 aromatic rings. The molecule has 1 aromatic carbocycles. The summed E-state index contributed by atoms with van der Waals surface area (Å²) in [7, 11) is 1.69. The lowest BCUT2D eigenvalue weighted by Crippen LogP contribution is -2.46. The van der Waals surface area contributed by atoms with E-state index in [4.69, 9.17) is 4.99 Å². The highest BCUT2D eigenvalue weighted by Gasteiger charge is 2.23. The summed E-state index contributed by atoms with van der Waals surface area (Å²) in [5.74, 6) is 1.51. The molecule has 2 amide bonds. The molecule has 1 atom stereocenters. The van der Waals surface area contributed by atoms with E-state index in [9.17, 15) is 9.59 Å². The molecule has 1 aliphatic heterocycles. The van der Waals surface area contributed by atoms with Gasteiger partial charge in [-0.1, -0.05) is 26.0 Å². The molecule has 174 valence electrons. The number of hydrogen-bond acceptors (Lipinski definition) is 3. The van der Waals surface area contributed by atoms with Gasteiger partial charge in [-0.05, 0) is 49.8 Å². The first-order valence-corrected chi connectivity index (χ1v) is 11.1. The number of rotatable bonds is 8. The third-order valence-electron chi connectivity index (χ3n) is 5.67. The van der Waals surface area contributed by atoms with E-state index in [2.05, 4.69) is 27.8 Å². The quantitative estimate of drug-likeness (QED) is 0.266. The van der Waals surface area contributed by atoms with Crippen molar-refractivity contribution in [3.63, 3.8) is 0 Å². The fraction of sp³-hybridized carbons (Fsp3) is 0.609. The number of benzene rings is 1. The van der Waals surface area contributed by atoms with E-state index in [1.165, 1.54) is 0 Å². The molecular weight excluding hydrogens is 505 g/mol. The summed E-state index contributed by atoms with van der Waals surface area (Å²) in [6.45, 7) is 9.18. The fourth-order valence-electron chi connectivity index (χ4n) is 3.50. The number of anilines is 1. The highest BCUT2D eigenvalue weighted by molar-refractivity contribution is 14.0. The Morgan fingerprint density at radius 3 is 2.55 bits per heavy atom. The van der Waals surface area contributed by atoms with Gasteiger partial charge in [-0.3, -0.25) is 9.59 Å². The summed E-state index contributed by atoms with van der Waals surface area (Å²) in [5, 5.41) is 9.09. The van der Waals surface area contributed by atoms with Crippen molar-refractivity contribution < 1.29 is 9.59 Å². The average Bonchev–Trinajstić information content (AvgIpc) is 2.76. The molecule has 0 aliphatic carbocycles. The number of aliphatic imine (C=N–C) groups is 1. The SMILES string of the molecule is CCNC(=NCc1cccc(NC(=O)C(C)CC)c1)N1CCC(CC(=O)NC)CC1.I. The summed E-state index contributed by atoms with van der Waals surface area (Å²) in [5.41, 5.74) is 1.87. The number of likely N-dealkylation sites (tertiary alicyclic amines) is 1. The van der Waals surface area contributed by atoms with E-state index in [0.717, 1.165) is 56.1 Å². The van der Waals surface area contributed by atoms with Crippen LogP contribution in [0.2, 0.25) is 0 Å². The Morgan fingerprint density at radius 1 is 1.23 bits per heavy atom. The second-order valence-electron chi connectivity index (χ2n) is 7.98. The minimum absolute atomic E-state index is 0. The molecule has 0 radical (unpaired) electrons. The smallest absolute Gasteiger partial charge is 0.227 e. The average molecular weight is 543 g/mol. The van der Waals surface area contributed by atoms with Crippen LogP contribution in [-0.2, 0) is 16.1 Å². The number of piperidine rings is 1. The van der Waals surface area contributed by atoms with Crippen molar-refractivity contribution in [3.8, 4) is 0 Å². The van der Waals surface area contributed by atoms with Gasteiger partial charge in [-0.15, -0.1) is 24.0 Å². The minimum Gasteiger partial charge on any atom is -0.359 e. The zero-order valence-electron chi connectivity index (χ0n) is 19.2. The summed E-state index contributed by atoms with van der Waals surface area (Å²) < 4.78 is 0. The molecule has 1 fully saturated rings. The number of guanidine groups is 1. The van der Waals surface area contributed by atoms with Crippen molar-refractivity contribution in [2.75, 3.05) is 32.0 Å². The Hall–Kier alpha value is -1.84. The van der Waals surface area contributed by atoms with Crippen LogP contribution < -0.4 is 16.0 Å². The van der Waals surface area contributed by atoms with E-state index in [-0.39, 0.29) is 41.7 Å². The number of carbonyl (C=O) groups is 2. The maximum absolute atomic E-state index is 12.1. The standard InChI is InChI=1S/C23H37N5O2.HI/c1-5-17(3)22(30)27-20-9-7-8-19(14-20)16-26-23(25-6-2)28-12-10-18(11-13-28)15-21(29)24-4;/h7-9,14,17-18H,5-6,10-13,15-16H2,1-4H3,(H,24,29)(H,25,26)(H,27,30);1H. The molecule has 1 saturated heterocycles. The van der Waals surface area contributed by atoms with Crippen molar-refractivity contribution >= 4 is 47.4 Å². The van der Waals surface area contributed by atoms with Gasteiger partial charge in [0.1, 0.15) is 0 Å². The number of amides is 2. The van der Waals surface area contributed by atoms with Gasteiger partial charge in [0.15, 0.2) is 5.96 Å². The maximum atomic E-state index is 12.1. The summed E-state index contributed by atoms with van der Waals surface area (Å²) in [4.78, 5) is 30.9.